The summed E-state index contributed by atoms with van der Waals surface area (Å²) in [6.07, 6.45) is -3.75. The van der Waals surface area contributed by atoms with E-state index in [1.165, 1.54) is 20.5 Å². The molecule has 0 unspecified atom stereocenters. The summed E-state index contributed by atoms with van der Waals surface area (Å²) in [6.45, 7) is 2.63. The highest BCUT2D eigenvalue weighted by Gasteiger charge is 2.38. The van der Waals surface area contributed by atoms with Crippen molar-refractivity contribution in [3.63, 3.8) is 0 Å². The zero-order valence-corrected chi connectivity index (χ0v) is 21.3. The van der Waals surface area contributed by atoms with Crippen molar-refractivity contribution < 1.29 is 36.2 Å². The van der Waals surface area contributed by atoms with Gasteiger partial charge in [0.1, 0.15) is 29.6 Å². The maximum absolute atomic E-state index is 13.7. The van der Waals surface area contributed by atoms with Crippen LogP contribution in [-0.4, -0.2) is 26.1 Å². The maximum atomic E-state index is 13.7. The van der Waals surface area contributed by atoms with Crippen LogP contribution in [0.1, 0.15) is 36.0 Å². The molecule has 0 saturated carbocycles. The van der Waals surface area contributed by atoms with Gasteiger partial charge in [0.2, 0.25) is 0 Å². The monoisotopic (exact) mass is 548 g/mol. The largest absolute Gasteiger partial charge is 0.488 e. The number of aryl methyl sites for hydroxylation is 1. The molecule has 0 radical (unpaired) electrons. The van der Waals surface area contributed by atoms with Gasteiger partial charge in [-0.05, 0) is 40.6 Å². The Morgan fingerprint density at radius 2 is 1.61 bits per heavy atom. The molecular weight excluding hydrogens is 523 g/mol. The summed E-state index contributed by atoms with van der Waals surface area (Å²) in [6, 6.07) is 18.1. The first-order valence-corrected chi connectivity index (χ1v) is 13.1. The van der Waals surface area contributed by atoms with E-state index in [0.717, 1.165) is 24.0 Å². The van der Waals surface area contributed by atoms with E-state index in [4.69, 9.17) is 14.2 Å². The van der Waals surface area contributed by atoms with Crippen LogP contribution in [0.5, 0.6) is 5.75 Å². The molecule has 1 aromatic heterocycles. The molecule has 2 heterocycles. The normalized spacial score (nSPS) is 18.2. The standard InChI is InChI=1S/C29H25F5O3S/c1-2-3-17-4-5-20-11-26(38-25(20)10-17)19-8-6-18(7-9-19)21-14-36-27(37-15-21)16-35-22-12-23(30)28(24(31)13-22)29(32,33)34/h4-13,21,27H,2-3,14-16H2,1H3. The lowest BCUT2D eigenvalue weighted by Gasteiger charge is -2.29. The quantitative estimate of drug-likeness (QED) is 0.217. The third kappa shape index (κ3) is 5.85. The first-order valence-electron chi connectivity index (χ1n) is 12.3. The second kappa shape index (κ2) is 11.0. The van der Waals surface area contributed by atoms with Crippen LogP contribution in [0.2, 0.25) is 0 Å². The summed E-state index contributed by atoms with van der Waals surface area (Å²) in [7, 11) is 0. The Morgan fingerprint density at radius 1 is 0.921 bits per heavy atom. The van der Waals surface area contributed by atoms with Crippen LogP contribution in [0.3, 0.4) is 0 Å². The Hall–Kier alpha value is -3.01. The number of rotatable bonds is 7. The molecule has 38 heavy (non-hydrogen) atoms. The third-order valence-corrected chi connectivity index (χ3v) is 7.59. The molecule has 4 aromatic rings. The summed E-state index contributed by atoms with van der Waals surface area (Å²) in [5, 5.41) is 1.23. The number of halogens is 5. The second-order valence-electron chi connectivity index (χ2n) is 9.22. The minimum atomic E-state index is -5.13. The van der Waals surface area contributed by atoms with Crippen molar-refractivity contribution in [2.45, 2.75) is 38.1 Å². The van der Waals surface area contributed by atoms with Crippen LogP contribution in [-0.2, 0) is 22.1 Å². The highest BCUT2D eigenvalue weighted by Crippen LogP contribution is 2.37. The molecule has 5 rings (SSSR count). The van der Waals surface area contributed by atoms with Crippen LogP contribution < -0.4 is 4.74 Å². The van der Waals surface area contributed by atoms with Gasteiger partial charge in [-0.25, -0.2) is 8.78 Å². The summed E-state index contributed by atoms with van der Waals surface area (Å²) >= 11 is 1.77. The lowest BCUT2D eigenvalue weighted by molar-refractivity contribution is -0.199. The predicted octanol–water partition coefficient (Wildman–Crippen LogP) is 8.35. The van der Waals surface area contributed by atoms with E-state index in [-0.39, 0.29) is 18.3 Å². The number of hydrogen-bond donors (Lipinski definition) is 0. The lowest BCUT2D eigenvalue weighted by Crippen LogP contribution is -2.34. The smallest absolute Gasteiger partial charge is 0.422 e. The highest BCUT2D eigenvalue weighted by molar-refractivity contribution is 7.22. The SMILES string of the molecule is CCCc1ccc2cc(-c3ccc(C4COC(COc5cc(F)c(C(F)(F)F)c(F)c5)OC4)cc3)sc2c1. The van der Waals surface area contributed by atoms with Crippen molar-refractivity contribution >= 4 is 21.4 Å². The van der Waals surface area contributed by atoms with Crippen molar-refractivity contribution in [2.24, 2.45) is 0 Å². The van der Waals surface area contributed by atoms with Crippen LogP contribution >= 0.6 is 11.3 Å². The molecule has 0 amide bonds. The van der Waals surface area contributed by atoms with E-state index >= 15 is 0 Å². The third-order valence-electron chi connectivity index (χ3n) is 6.44. The molecule has 9 heteroatoms. The van der Waals surface area contributed by atoms with E-state index in [2.05, 4.69) is 43.3 Å². The van der Waals surface area contributed by atoms with Gasteiger partial charge in [-0.2, -0.15) is 13.2 Å². The molecule has 0 N–H and O–H groups in total. The average Bonchev–Trinajstić information content (AvgIpc) is 3.30. The number of thiophene rings is 1. The molecule has 0 atom stereocenters. The molecular formula is C29H25F5O3S. The molecule has 200 valence electrons. The number of alkyl halides is 3. The van der Waals surface area contributed by atoms with Gasteiger partial charge in [-0.1, -0.05) is 49.7 Å². The molecule has 1 fully saturated rings. The second-order valence-corrected chi connectivity index (χ2v) is 10.3. The molecule has 1 saturated heterocycles. The molecule has 0 aliphatic carbocycles. The zero-order valence-electron chi connectivity index (χ0n) is 20.5. The summed E-state index contributed by atoms with van der Waals surface area (Å²) in [4.78, 5) is 1.20. The van der Waals surface area contributed by atoms with Gasteiger partial charge in [0.15, 0.2) is 6.29 Å². The molecule has 3 aromatic carbocycles. The Labute approximate surface area is 220 Å². The Kier molecular flexibility index (Phi) is 7.70. The van der Waals surface area contributed by atoms with Gasteiger partial charge in [-0.3, -0.25) is 0 Å². The Bertz CT molecular complexity index is 1380. The van der Waals surface area contributed by atoms with Crippen LogP contribution in [0.15, 0.2) is 60.7 Å². The minimum Gasteiger partial charge on any atom is -0.488 e. The van der Waals surface area contributed by atoms with Crippen molar-refractivity contribution in [2.75, 3.05) is 19.8 Å². The minimum absolute atomic E-state index is 0.0136. The molecule has 1 aliphatic rings. The van der Waals surface area contributed by atoms with E-state index in [1.807, 2.05) is 12.1 Å². The maximum Gasteiger partial charge on any atom is 0.422 e. The Morgan fingerprint density at radius 3 is 2.24 bits per heavy atom. The summed E-state index contributed by atoms with van der Waals surface area (Å²) in [5.41, 5.74) is 1.58. The molecule has 0 bridgehead atoms. The zero-order chi connectivity index (χ0) is 26.9. The van der Waals surface area contributed by atoms with Crippen molar-refractivity contribution in [3.05, 3.63) is 89.0 Å². The van der Waals surface area contributed by atoms with E-state index in [9.17, 15) is 22.0 Å². The summed E-state index contributed by atoms with van der Waals surface area (Å²) < 4.78 is 83.5. The topological polar surface area (TPSA) is 27.7 Å². The van der Waals surface area contributed by atoms with E-state index < -0.39 is 29.7 Å². The van der Waals surface area contributed by atoms with E-state index in [1.54, 1.807) is 11.3 Å². The number of ether oxygens (including phenoxy) is 3. The number of fused-ring (bicyclic) bond motifs is 1. The van der Waals surface area contributed by atoms with Crippen LogP contribution in [0.25, 0.3) is 20.5 Å². The average molecular weight is 549 g/mol. The first-order chi connectivity index (χ1) is 18.2. The molecule has 3 nitrogen and oxygen atoms in total. The molecule has 1 aliphatic heterocycles. The van der Waals surface area contributed by atoms with Crippen molar-refractivity contribution in [3.8, 4) is 16.2 Å². The summed E-state index contributed by atoms with van der Waals surface area (Å²) in [5.74, 6) is -3.86. The van der Waals surface area contributed by atoms with Crippen LogP contribution in [0, 0.1) is 11.6 Å². The fourth-order valence-corrected chi connectivity index (χ4v) is 5.61. The number of benzene rings is 3. The van der Waals surface area contributed by atoms with Gasteiger partial charge in [-0.15, -0.1) is 11.3 Å². The number of hydrogen-bond acceptors (Lipinski definition) is 4. The Balaban J connectivity index is 1.16. The predicted molar refractivity (Wildman–Crippen MR) is 137 cm³/mol. The first kappa shape index (κ1) is 26.6. The van der Waals surface area contributed by atoms with Crippen molar-refractivity contribution in [1.29, 1.82) is 0 Å². The van der Waals surface area contributed by atoms with Gasteiger partial charge in [0.05, 0.1) is 13.2 Å². The van der Waals surface area contributed by atoms with Gasteiger partial charge in [0.25, 0.3) is 0 Å². The van der Waals surface area contributed by atoms with E-state index in [0.29, 0.717) is 25.3 Å². The van der Waals surface area contributed by atoms with Gasteiger partial charge >= 0.3 is 6.18 Å². The van der Waals surface area contributed by atoms with Gasteiger partial charge < -0.3 is 14.2 Å². The van der Waals surface area contributed by atoms with Crippen molar-refractivity contribution in [1.82, 2.24) is 0 Å². The lowest BCUT2D eigenvalue weighted by atomic mass is 9.98. The fourth-order valence-electron chi connectivity index (χ4n) is 4.48. The van der Waals surface area contributed by atoms with Crippen LogP contribution in [0.4, 0.5) is 22.0 Å². The molecule has 0 spiro atoms. The highest BCUT2D eigenvalue weighted by atomic mass is 32.1. The fraction of sp³-hybridized carbons (Fsp3) is 0.310. The van der Waals surface area contributed by atoms with Gasteiger partial charge in [0, 0.05) is 27.6 Å².